The van der Waals surface area contributed by atoms with Gasteiger partial charge in [-0.1, -0.05) is 49.6 Å². The van der Waals surface area contributed by atoms with Crippen LogP contribution in [0.2, 0.25) is 0 Å². The summed E-state index contributed by atoms with van der Waals surface area (Å²) in [5.74, 6) is 0.539. The molecule has 0 radical (unpaired) electrons. The highest BCUT2D eigenvalue weighted by Crippen LogP contribution is 2.31. The first-order chi connectivity index (χ1) is 11.0. The first kappa shape index (κ1) is 14.3. The summed E-state index contributed by atoms with van der Waals surface area (Å²) in [7, 11) is 0. The van der Waals surface area contributed by atoms with E-state index in [9.17, 15) is 0 Å². The first-order valence-corrected chi connectivity index (χ1v) is 8.28. The van der Waals surface area contributed by atoms with Gasteiger partial charge in [0.15, 0.2) is 0 Å². The molecule has 114 valence electrons. The highest BCUT2D eigenvalue weighted by atomic mass is 14.3. The molecule has 1 unspecified atom stereocenters. The van der Waals surface area contributed by atoms with Gasteiger partial charge in [-0.2, -0.15) is 0 Å². The number of aryl methyl sites for hydroxylation is 1. The summed E-state index contributed by atoms with van der Waals surface area (Å²) in [5, 5.41) is 7.58. The number of rotatable bonds is 1. The van der Waals surface area contributed by atoms with Gasteiger partial charge >= 0.3 is 0 Å². The highest BCUT2D eigenvalue weighted by molar-refractivity contribution is 6.03. The van der Waals surface area contributed by atoms with E-state index in [4.69, 9.17) is 0 Å². The van der Waals surface area contributed by atoms with Crippen molar-refractivity contribution in [1.29, 1.82) is 0 Å². The van der Waals surface area contributed by atoms with E-state index in [2.05, 4.69) is 63.9 Å². The van der Waals surface area contributed by atoms with Crippen molar-refractivity contribution in [3.63, 3.8) is 0 Å². The van der Waals surface area contributed by atoms with Gasteiger partial charge in [-0.3, -0.25) is 0 Å². The van der Waals surface area contributed by atoms with Gasteiger partial charge in [0.25, 0.3) is 0 Å². The maximum atomic E-state index is 4.47. The van der Waals surface area contributed by atoms with Gasteiger partial charge in [-0.15, -0.1) is 0 Å². The van der Waals surface area contributed by atoms with Crippen LogP contribution in [0.5, 0.6) is 0 Å². The summed E-state index contributed by atoms with van der Waals surface area (Å²) in [4.78, 5) is 0. The minimum atomic E-state index is 0.539. The van der Waals surface area contributed by atoms with Gasteiger partial charge < -0.3 is 0 Å². The monoisotopic (exact) mass is 298 g/mol. The fourth-order valence-electron chi connectivity index (χ4n) is 4.24. The Kier molecular flexibility index (Phi) is 2.99. The third-order valence-electron chi connectivity index (χ3n) is 5.63. The van der Waals surface area contributed by atoms with E-state index in [1.165, 1.54) is 54.2 Å². The Bertz CT molecular complexity index is 1080. The molecule has 0 aromatic heterocycles. The molecule has 0 fully saturated rings. The fourth-order valence-corrected chi connectivity index (χ4v) is 4.24. The standard InChI is InChI=1S/C23H22/c1-13(2)18-11-20-14(3)22-10-17-8-6-7-9-19(17)15(4)23(22)16(5)21(20)12-18/h6-10,18H,1,3,5,11-12H2,2,4H3. The molecule has 0 saturated carbocycles. The van der Waals surface area contributed by atoms with Crippen molar-refractivity contribution in [2.75, 3.05) is 0 Å². The lowest BCUT2D eigenvalue weighted by molar-refractivity contribution is 0.660. The Balaban J connectivity index is 2.17. The number of hydrogen-bond donors (Lipinski definition) is 0. The Hall–Kier alpha value is -2.34. The van der Waals surface area contributed by atoms with Crippen LogP contribution in [0.25, 0.3) is 34.7 Å². The van der Waals surface area contributed by atoms with Crippen LogP contribution in [0, 0.1) is 12.8 Å². The molecule has 0 amide bonds. The summed E-state index contributed by atoms with van der Waals surface area (Å²) >= 11 is 0. The molecule has 0 bridgehead atoms. The van der Waals surface area contributed by atoms with E-state index in [-0.39, 0.29) is 0 Å². The molecule has 0 N–H and O–H groups in total. The van der Waals surface area contributed by atoms with E-state index in [0.29, 0.717) is 5.92 Å². The van der Waals surface area contributed by atoms with Crippen LogP contribution in [0.4, 0.5) is 0 Å². The van der Waals surface area contributed by atoms with Crippen molar-refractivity contribution in [2.24, 2.45) is 5.92 Å². The number of fused-ring (bicyclic) bond motifs is 3. The third-order valence-corrected chi connectivity index (χ3v) is 5.63. The van der Waals surface area contributed by atoms with Crippen LogP contribution < -0.4 is 10.4 Å². The van der Waals surface area contributed by atoms with Crippen LogP contribution in [0.15, 0.2) is 42.5 Å². The smallest absolute Gasteiger partial charge is 0.00729 e. The molecule has 3 aromatic rings. The van der Waals surface area contributed by atoms with E-state index < -0.39 is 0 Å². The Labute approximate surface area is 137 Å². The molecule has 4 rings (SSSR count). The van der Waals surface area contributed by atoms with Crippen LogP contribution in [-0.4, -0.2) is 0 Å². The zero-order valence-electron chi connectivity index (χ0n) is 14.0. The topological polar surface area (TPSA) is 0 Å². The van der Waals surface area contributed by atoms with Crippen molar-refractivity contribution in [1.82, 2.24) is 0 Å². The quantitative estimate of drug-likeness (QED) is 0.461. The van der Waals surface area contributed by atoms with Crippen molar-refractivity contribution >= 4 is 34.7 Å². The third kappa shape index (κ3) is 1.91. The highest BCUT2D eigenvalue weighted by Gasteiger charge is 2.25. The molecule has 0 heteroatoms. The maximum absolute atomic E-state index is 4.47. The molecule has 1 aliphatic carbocycles. The molecule has 1 aliphatic rings. The Morgan fingerprint density at radius 3 is 2.35 bits per heavy atom. The van der Waals surface area contributed by atoms with Gasteiger partial charge in [0.1, 0.15) is 0 Å². The average Bonchev–Trinajstić information content (AvgIpc) is 2.99. The van der Waals surface area contributed by atoms with Gasteiger partial charge in [0.05, 0.1) is 0 Å². The van der Waals surface area contributed by atoms with Gasteiger partial charge in [0, 0.05) is 0 Å². The van der Waals surface area contributed by atoms with Crippen molar-refractivity contribution in [2.45, 2.75) is 26.7 Å². The van der Waals surface area contributed by atoms with Crippen molar-refractivity contribution < 1.29 is 0 Å². The summed E-state index contributed by atoms with van der Waals surface area (Å²) in [6, 6.07) is 10.9. The molecule has 0 aliphatic heterocycles. The second kappa shape index (κ2) is 4.83. The second-order valence-corrected chi connectivity index (χ2v) is 7.01. The van der Waals surface area contributed by atoms with E-state index in [0.717, 1.165) is 12.8 Å². The largest absolute Gasteiger partial charge is 0.0998 e. The van der Waals surface area contributed by atoms with Crippen LogP contribution in [-0.2, 0) is 12.8 Å². The summed E-state index contributed by atoms with van der Waals surface area (Å²) in [6.45, 7) is 17.4. The molecule has 3 aromatic carbocycles. The summed E-state index contributed by atoms with van der Waals surface area (Å²) in [5.41, 5.74) is 5.42. The predicted molar refractivity (Wildman–Crippen MR) is 102 cm³/mol. The summed E-state index contributed by atoms with van der Waals surface area (Å²) < 4.78 is 0. The lowest BCUT2D eigenvalue weighted by Crippen LogP contribution is -2.19. The van der Waals surface area contributed by atoms with Crippen LogP contribution >= 0.6 is 0 Å². The van der Waals surface area contributed by atoms with E-state index >= 15 is 0 Å². The lowest BCUT2D eigenvalue weighted by Gasteiger charge is -2.12. The first-order valence-electron chi connectivity index (χ1n) is 8.28. The normalized spacial score (nSPS) is 16.9. The molecular weight excluding hydrogens is 276 g/mol. The molecule has 1 atom stereocenters. The van der Waals surface area contributed by atoms with Crippen LogP contribution in [0.1, 0.15) is 23.6 Å². The predicted octanol–water partition coefficient (Wildman–Crippen LogP) is 4.41. The molecule has 0 nitrogen and oxygen atoms in total. The SMILES string of the molecule is C=C(C)C1Cc2c(c(=C)c3c(C)c4ccccc4cc3c2=C)C1. The minimum Gasteiger partial charge on any atom is -0.0998 e. The zero-order valence-corrected chi connectivity index (χ0v) is 14.0. The van der Waals surface area contributed by atoms with E-state index in [1.54, 1.807) is 0 Å². The van der Waals surface area contributed by atoms with Crippen molar-refractivity contribution in [3.05, 3.63) is 69.6 Å². The van der Waals surface area contributed by atoms with Crippen molar-refractivity contribution in [3.8, 4) is 0 Å². The van der Waals surface area contributed by atoms with Gasteiger partial charge in [0.2, 0.25) is 0 Å². The fraction of sp³-hybridized carbons (Fsp3) is 0.217. The number of allylic oxidation sites excluding steroid dienone is 1. The molecular formula is C23H22. The van der Waals surface area contributed by atoms with E-state index in [1.807, 2.05) is 0 Å². The molecule has 0 heterocycles. The second-order valence-electron chi connectivity index (χ2n) is 7.01. The molecule has 0 saturated heterocycles. The van der Waals surface area contributed by atoms with Gasteiger partial charge in [-0.05, 0) is 87.3 Å². The number of hydrogen-bond acceptors (Lipinski definition) is 0. The summed E-state index contributed by atoms with van der Waals surface area (Å²) in [6.07, 6.45) is 2.13. The van der Waals surface area contributed by atoms with Crippen LogP contribution in [0.3, 0.4) is 0 Å². The lowest BCUT2D eigenvalue weighted by atomic mass is 9.91. The maximum Gasteiger partial charge on any atom is -0.00729 e. The molecule has 0 spiro atoms. The van der Waals surface area contributed by atoms with Gasteiger partial charge in [-0.25, -0.2) is 0 Å². The Morgan fingerprint density at radius 1 is 1.00 bits per heavy atom. The Morgan fingerprint density at radius 2 is 1.65 bits per heavy atom. The molecule has 23 heavy (non-hydrogen) atoms. The zero-order chi connectivity index (χ0) is 16.3. The minimum absolute atomic E-state index is 0.539. The average molecular weight is 298 g/mol. The number of benzene rings is 3.